The van der Waals surface area contributed by atoms with Crippen LogP contribution in [0, 0.1) is 0 Å². The average Bonchev–Trinajstić information content (AvgIpc) is 2.80. The van der Waals surface area contributed by atoms with E-state index in [0.29, 0.717) is 28.4 Å². The van der Waals surface area contributed by atoms with Crippen LogP contribution in [-0.4, -0.2) is 32.0 Å². The van der Waals surface area contributed by atoms with Gasteiger partial charge in [-0.1, -0.05) is 24.3 Å². The normalized spacial score (nSPS) is 10.2. The van der Waals surface area contributed by atoms with E-state index in [1.54, 1.807) is 67.8 Å². The lowest BCUT2D eigenvalue weighted by Crippen LogP contribution is -2.18. The van der Waals surface area contributed by atoms with Crippen LogP contribution in [-0.2, 0) is 16.0 Å². The van der Waals surface area contributed by atoms with Crippen LogP contribution in [0.3, 0.4) is 0 Å². The Bertz CT molecular complexity index is 1180. The molecule has 2 N–H and O–H groups in total. The van der Waals surface area contributed by atoms with Gasteiger partial charge in [0.05, 0.1) is 32.0 Å². The summed E-state index contributed by atoms with van der Waals surface area (Å²) < 4.78 is 15.5. The first-order valence-electron chi connectivity index (χ1n) is 10.1. The van der Waals surface area contributed by atoms with E-state index in [-0.39, 0.29) is 18.1 Å². The largest absolute Gasteiger partial charge is 0.493 e. The third-order valence-electron chi connectivity index (χ3n) is 4.62. The van der Waals surface area contributed by atoms with Crippen molar-refractivity contribution in [1.29, 1.82) is 0 Å². The molecule has 170 valence electrons. The molecule has 0 saturated carbocycles. The van der Waals surface area contributed by atoms with Crippen LogP contribution in [0.4, 0.5) is 11.4 Å². The number of methoxy groups -OCH3 is 2. The van der Waals surface area contributed by atoms with E-state index >= 15 is 0 Å². The van der Waals surface area contributed by atoms with Gasteiger partial charge in [0.2, 0.25) is 5.91 Å². The SMILES string of the molecule is COc1ccc(CC(=O)Nc2ccccc2NC(=O)c2cccc(OC(C)=O)c2)cc1OC. The van der Waals surface area contributed by atoms with Gasteiger partial charge in [0.25, 0.3) is 5.91 Å². The standard InChI is InChI=1S/C25H24N2O6/c1-16(28)33-19-8-6-7-18(15-19)25(30)27-21-10-5-4-9-20(21)26-24(29)14-17-11-12-22(31-2)23(13-17)32-3/h4-13,15H,14H2,1-3H3,(H,26,29)(H,27,30). The maximum absolute atomic E-state index is 12.7. The van der Waals surface area contributed by atoms with E-state index in [1.807, 2.05) is 0 Å². The van der Waals surface area contributed by atoms with Crippen molar-refractivity contribution in [3.8, 4) is 17.2 Å². The maximum Gasteiger partial charge on any atom is 0.308 e. The minimum atomic E-state index is -0.477. The number of amides is 2. The van der Waals surface area contributed by atoms with Crippen molar-refractivity contribution in [2.75, 3.05) is 24.9 Å². The highest BCUT2D eigenvalue weighted by Gasteiger charge is 2.13. The van der Waals surface area contributed by atoms with Crippen molar-refractivity contribution in [3.05, 3.63) is 77.9 Å². The minimum absolute atomic E-state index is 0.104. The molecule has 8 nitrogen and oxygen atoms in total. The molecule has 8 heteroatoms. The Morgan fingerprint density at radius 3 is 2.15 bits per heavy atom. The maximum atomic E-state index is 12.7. The Labute approximate surface area is 191 Å². The second kappa shape index (κ2) is 10.8. The molecule has 0 fully saturated rings. The first-order valence-corrected chi connectivity index (χ1v) is 10.1. The van der Waals surface area contributed by atoms with E-state index in [1.165, 1.54) is 20.1 Å². The lowest BCUT2D eigenvalue weighted by atomic mass is 10.1. The molecule has 0 atom stereocenters. The van der Waals surface area contributed by atoms with E-state index in [4.69, 9.17) is 14.2 Å². The molecule has 0 spiro atoms. The molecule has 2 amide bonds. The molecule has 33 heavy (non-hydrogen) atoms. The second-order valence-corrected chi connectivity index (χ2v) is 7.04. The van der Waals surface area contributed by atoms with Crippen LogP contribution in [0.5, 0.6) is 17.2 Å². The van der Waals surface area contributed by atoms with Crippen molar-refractivity contribution in [1.82, 2.24) is 0 Å². The number of anilines is 2. The highest BCUT2D eigenvalue weighted by Crippen LogP contribution is 2.28. The predicted molar refractivity (Wildman–Crippen MR) is 124 cm³/mol. The molecule has 0 bridgehead atoms. The van der Waals surface area contributed by atoms with E-state index in [2.05, 4.69) is 10.6 Å². The van der Waals surface area contributed by atoms with Gasteiger partial charge in [-0.05, 0) is 48.0 Å². The van der Waals surface area contributed by atoms with Gasteiger partial charge in [0.1, 0.15) is 5.75 Å². The summed E-state index contributed by atoms with van der Waals surface area (Å²) in [6, 6.07) is 18.4. The Morgan fingerprint density at radius 1 is 0.788 bits per heavy atom. The number of carbonyl (C=O) groups is 3. The number of para-hydroxylation sites is 2. The van der Waals surface area contributed by atoms with Gasteiger partial charge in [0, 0.05) is 12.5 Å². The van der Waals surface area contributed by atoms with Crippen molar-refractivity contribution in [2.45, 2.75) is 13.3 Å². The van der Waals surface area contributed by atoms with Gasteiger partial charge in [0.15, 0.2) is 11.5 Å². The molecule has 0 radical (unpaired) electrons. The van der Waals surface area contributed by atoms with E-state index in [9.17, 15) is 14.4 Å². The van der Waals surface area contributed by atoms with Crippen molar-refractivity contribution >= 4 is 29.2 Å². The summed E-state index contributed by atoms with van der Waals surface area (Å²) in [5.41, 5.74) is 1.93. The van der Waals surface area contributed by atoms with Crippen LogP contribution >= 0.6 is 0 Å². The van der Waals surface area contributed by atoms with E-state index < -0.39 is 11.9 Å². The number of nitrogens with one attached hydrogen (secondary N) is 2. The third kappa shape index (κ3) is 6.33. The molecule has 0 aliphatic rings. The van der Waals surface area contributed by atoms with Crippen molar-refractivity contribution < 1.29 is 28.6 Å². The van der Waals surface area contributed by atoms with Crippen molar-refractivity contribution in [2.24, 2.45) is 0 Å². The number of ether oxygens (including phenoxy) is 3. The summed E-state index contributed by atoms with van der Waals surface area (Å²) in [6.45, 7) is 1.29. The van der Waals surface area contributed by atoms with Crippen LogP contribution in [0.1, 0.15) is 22.8 Å². The van der Waals surface area contributed by atoms with Crippen molar-refractivity contribution in [3.63, 3.8) is 0 Å². The quantitative estimate of drug-likeness (QED) is 0.398. The molecule has 3 aromatic rings. The second-order valence-electron chi connectivity index (χ2n) is 7.04. The third-order valence-corrected chi connectivity index (χ3v) is 4.62. The Kier molecular flexibility index (Phi) is 7.64. The highest BCUT2D eigenvalue weighted by atomic mass is 16.5. The number of carbonyl (C=O) groups excluding carboxylic acids is 3. The smallest absolute Gasteiger partial charge is 0.308 e. The summed E-state index contributed by atoms with van der Waals surface area (Å²) in [5, 5.41) is 5.60. The molecule has 0 aliphatic carbocycles. The molecular weight excluding hydrogens is 424 g/mol. The van der Waals surface area contributed by atoms with Crippen LogP contribution in [0.15, 0.2) is 66.7 Å². The first kappa shape index (κ1) is 23.3. The first-order chi connectivity index (χ1) is 15.9. The van der Waals surface area contributed by atoms with E-state index in [0.717, 1.165) is 5.56 Å². The molecule has 3 aromatic carbocycles. The topological polar surface area (TPSA) is 103 Å². The van der Waals surface area contributed by atoms with Crippen LogP contribution < -0.4 is 24.8 Å². The molecule has 3 rings (SSSR count). The summed E-state index contributed by atoms with van der Waals surface area (Å²) in [4.78, 5) is 36.5. The number of hydrogen-bond acceptors (Lipinski definition) is 6. The van der Waals surface area contributed by atoms with Gasteiger partial charge < -0.3 is 24.8 Å². The van der Waals surface area contributed by atoms with Crippen LogP contribution in [0.25, 0.3) is 0 Å². The number of esters is 1. The van der Waals surface area contributed by atoms with Crippen LogP contribution in [0.2, 0.25) is 0 Å². The summed E-state index contributed by atoms with van der Waals surface area (Å²) in [5.74, 6) is 0.229. The van der Waals surface area contributed by atoms with Gasteiger partial charge in [-0.2, -0.15) is 0 Å². The summed E-state index contributed by atoms with van der Waals surface area (Å²) >= 11 is 0. The van der Waals surface area contributed by atoms with Gasteiger partial charge in [-0.25, -0.2) is 0 Å². The average molecular weight is 448 g/mol. The minimum Gasteiger partial charge on any atom is -0.493 e. The van der Waals surface area contributed by atoms with Gasteiger partial charge >= 0.3 is 5.97 Å². The molecule has 0 aromatic heterocycles. The van der Waals surface area contributed by atoms with Gasteiger partial charge in [-0.3, -0.25) is 14.4 Å². The fraction of sp³-hybridized carbons (Fsp3) is 0.160. The zero-order chi connectivity index (χ0) is 23.8. The molecule has 0 saturated heterocycles. The monoisotopic (exact) mass is 448 g/mol. The summed E-state index contributed by atoms with van der Waals surface area (Å²) in [7, 11) is 3.07. The zero-order valence-electron chi connectivity index (χ0n) is 18.5. The lowest BCUT2D eigenvalue weighted by Gasteiger charge is -2.13. The molecule has 0 aliphatic heterocycles. The zero-order valence-corrected chi connectivity index (χ0v) is 18.5. The predicted octanol–water partition coefficient (Wildman–Crippen LogP) is 4.06. The lowest BCUT2D eigenvalue weighted by molar-refractivity contribution is -0.131. The highest BCUT2D eigenvalue weighted by molar-refractivity contribution is 6.07. The Hall–Kier alpha value is -4.33. The number of rotatable bonds is 8. The molecule has 0 unspecified atom stereocenters. The van der Waals surface area contributed by atoms with Gasteiger partial charge in [-0.15, -0.1) is 0 Å². The number of hydrogen-bond donors (Lipinski definition) is 2. The molecule has 0 heterocycles. The number of benzene rings is 3. The molecular formula is C25H24N2O6. The Balaban J connectivity index is 1.71. The summed E-state index contributed by atoms with van der Waals surface area (Å²) in [6.07, 6.45) is 0.104. The fourth-order valence-electron chi connectivity index (χ4n) is 3.13. The fourth-order valence-corrected chi connectivity index (χ4v) is 3.13. The Morgan fingerprint density at radius 2 is 1.48 bits per heavy atom.